The first-order valence-electron chi connectivity index (χ1n) is 10.2. The third-order valence-corrected chi connectivity index (χ3v) is 5.09. The van der Waals surface area contributed by atoms with Gasteiger partial charge in [0, 0.05) is 12.2 Å². The summed E-state index contributed by atoms with van der Waals surface area (Å²) >= 11 is 0. The number of halogens is 4. The summed E-state index contributed by atoms with van der Waals surface area (Å²) in [7, 11) is 1.74. The second kappa shape index (κ2) is 10.4. The smallest absolute Gasteiger partial charge is 0.393 e. The number of nitrogen functional groups attached to an aromatic ring is 1. The van der Waals surface area contributed by atoms with Gasteiger partial charge in [-0.3, -0.25) is 16.3 Å². The first-order valence-corrected chi connectivity index (χ1v) is 10.2. The number of rotatable bonds is 8. The van der Waals surface area contributed by atoms with E-state index >= 15 is 0 Å². The number of hydrazine groups is 1. The fourth-order valence-corrected chi connectivity index (χ4v) is 3.57. The summed E-state index contributed by atoms with van der Waals surface area (Å²) < 4.78 is 54.9. The molecule has 0 bridgehead atoms. The Hall–Kier alpha value is -3.49. The molecule has 0 fully saturated rings. The molecule has 8 heteroatoms. The number of hydrogen-bond donors (Lipinski definition) is 4. The van der Waals surface area contributed by atoms with Crippen LogP contribution in [0.15, 0.2) is 72.8 Å². The molecule has 0 atom stereocenters. The van der Waals surface area contributed by atoms with Gasteiger partial charge >= 0.3 is 6.18 Å². The van der Waals surface area contributed by atoms with E-state index in [1.165, 1.54) is 12.1 Å². The summed E-state index contributed by atoms with van der Waals surface area (Å²) in [5, 5.41) is 7.37. The quantitative estimate of drug-likeness (QED) is 0.116. The summed E-state index contributed by atoms with van der Waals surface area (Å²) in [6.07, 6.45) is -5.65. The molecule has 3 aromatic carbocycles. The van der Waals surface area contributed by atoms with E-state index in [-0.39, 0.29) is 16.8 Å². The number of anilines is 1. The van der Waals surface area contributed by atoms with Crippen LogP contribution < -0.4 is 16.6 Å². The lowest BCUT2D eigenvalue weighted by Gasteiger charge is -2.20. The molecule has 0 radical (unpaired) electrons. The van der Waals surface area contributed by atoms with Gasteiger partial charge in [-0.2, -0.15) is 17.6 Å². The minimum atomic E-state index is -4.48. The monoisotopic (exact) mass is 456 g/mol. The van der Waals surface area contributed by atoms with Crippen molar-refractivity contribution in [2.45, 2.75) is 19.1 Å². The number of allylic oxidation sites excluding steroid dienone is 1. The highest BCUT2D eigenvalue weighted by atomic mass is 19.4. The van der Waals surface area contributed by atoms with Gasteiger partial charge in [-0.25, -0.2) is 0 Å². The standard InChI is InChI=1S/C25H24F4N4/c1-32-33-15-16-7-9-18(10-8-16)23(19-11-12-22(30)20(13-19)24(26)31)21(14-25(27,28)29)17-5-3-2-4-6-17/h2-13,31-33H,14-15,30H2,1H3/b23-21+,31-24?. The van der Waals surface area contributed by atoms with E-state index in [9.17, 15) is 17.6 Å². The molecule has 3 rings (SSSR count). The van der Waals surface area contributed by atoms with Crippen LogP contribution in [0.4, 0.5) is 23.2 Å². The Bertz CT molecular complexity index is 1140. The molecule has 0 spiro atoms. The van der Waals surface area contributed by atoms with Gasteiger partial charge in [-0.05, 0) is 52.6 Å². The van der Waals surface area contributed by atoms with Crippen LogP contribution >= 0.6 is 0 Å². The fourth-order valence-electron chi connectivity index (χ4n) is 3.57. The SMILES string of the molecule is CNNCc1ccc(/C(=C(/CC(F)(F)F)c2ccccc2)c2ccc(N)c(C(=N)F)c2)cc1. The van der Waals surface area contributed by atoms with Crippen LogP contribution in [0.2, 0.25) is 0 Å². The predicted molar refractivity (Wildman–Crippen MR) is 124 cm³/mol. The number of nitrogens with two attached hydrogens (primary N) is 1. The number of alkyl halides is 3. The summed E-state index contributed by atoms with van der Waals surface area (Å²) in [6, 6.07) is 19.7. The van der Waals surface area contributed by atoms with Crippen molar-refractivity contribution >= 4 is 22.8 Å². The summed E-state index contributed by atoms with van der Waals surface area (Å²) in [5.74, 6) is -1.25. The Morgan fingerprint density at radius 1 is 0.909 bits per heavy atom. The van der Waals surface area contributed by atoms with E-state index in [2.05, 4.69) is 10.9 Å². The van der Waals surface area contributed by atoms with Gasteiger partial charge in [0.25, 0.3) is 0 Å². The van der Waals surface area contributed by atoms with E-state index in [0.29, 0.717) is 28.8 Å². The second-order valence-electron chi connectivity index (χ2n) is 7.43. The number of benzene rings is 3. The van der Waals surface area contributed by atoms with Gasteiger partial charge in [-0.15, -0.1) is 0 Å². The lowest BCUT2D eigenvalue weighted by atomic mass is 9.86. The lowest BCUT2D eigenvalue weighted by Crippen LogP contribution is -2.26. The Morgan fingerprint density at radius 2 is 1.55 bits per heavy atom. The largest absolute Gasteiger partial charge is 0.398 e. The van der Waals surface area contributed by atoms with Crippen molar-refractivity contribution in [3.63, 3.8) is 0 Å². The van der Waals surface area contributed by atoms with Crippen molar-refractivity contribution in [3.05, 3.63) is 101 Å². The molecule has 0 unspecified atom stereocenters. The molecule has 0 saturated heterocycles. The fraction of sp³-hybridized carbons (Fsp3) is 0.160. The number of nitrogens with one attached hydrogen (secondary N) is 3. The van der Waals surface area contributed by atoms with Crippen LogP contribution in [0, 0.1) is 5.41 Å². The molecule has 0 aliphatic carbocycles. The Kier molecular flexibility index (Phi) is 7.63. The molecule has 0 aliphatic rings. The Labute approximate surface area is 189 Å². The molecule has 0 aromatic heterocycles. The molecular formula is C25H24F4N4. The van der Waals surface area contributed by atoms with Gasteiger partial charge in [0.2, 0.25) is 5.97 Å². The van der Waals surface area contributed by atoms with E-state index in [4.69, 9.17) is 11.1 Å². The van der Waals surface area contributed by atoms with Gasteiger partial charge in [0.15, 0.2) is 0 Å². The van der Waals surface area contributed by atoms with Crippen LogP contribution in [0.5, 0.6) is 0 Å². The molecule has 0 amide bonds. The normalized spacial score (nSPS) is 12.4. The first-order chi connectivity index (χ1) is 15.7. The maximum absolute atomic E-state index is 13.8. The molecule has 0 aliphatic heterocycles. The third-order valence-electron chi connectivity index (χ3n) is 5.09. The highest BCUT2D eigenvalue weighted by molar-refractivity contribution is 6.02. The Balaban J connectivity index is 2.29. The molecule has 0 heterocycles. The topological polar surface area (TPSA) is 73.9 Å². The Morgan fingerprint density at radius 3 is 2.12 bits per heavy atom. The lowest BCUT2D eigenvalue weighted by molar-refractivity contribution is -0.122. The van der Waals surface area contributed by atoms with Crippen molar-refractivity contribution in [2.24, 2.45) is 0 Å². The number of hydrogen-bond acceptors (Lipinski definition) is 4. The zero-order valence-corrected chi connectivity index (χ0v) is 17.9. The summed E-state index contributed by atoms with van der Waals surface area (Å²) in [4.78, 5) is 0. The van der Waals surface area contributed by atoms with Crippen LogP contribution in [0.3, 0.4) is 0 Å². The van der Waals surface area contributed by atoms with Crippen molar-refractivity contribution in [3.8, 4) is 0 Å². The predicted octanol–water partition coefficient (Wildman–Crippen LogP) is 5.70. The summed E-state index contributed by atoms with van der Waals surface area (Å²) in [5.41, 5.74) is 14.0. The molecule has 172 valence electrons. The molecule has 0 saturated carbocycles. The zero-order chi connectivity index (χ0) is 24.0. The van der Waals surface area contributed by atoms with Crippen molar-refractivity contribution in [1.29, 1.82) is 5.41 Å². The van der Waals surface area contributed by atoms with E-state index in [1.54, 1.807) is 55.6 Å². The van der Waals surface area contributed by atoms with Gasteiger partial charge < -0.3 is 5.73 Å². The van der Waals surface area contributed by atoms with Crippen molar-refractivity contribution < 1.29 is 17.6 Å². The van der Waals surface area contributed by atoms with Crippen molar-refractivity contribution in [1.82, 2.24) is 10.9 Å². The first kappa shape index (κ1) is 24.2. The molecular weight excluding hydrogens is 432 g/mol. The average Bonchev–Trinajstić information content (AvgIpc) is 2.78. The van der Waals surface area contributed by atoms with Crippen LogP contribution in [0.25, 0.3) is 11.1 Å². The highest BCUT2D eigenvalue weighted by Gasteiger charge is 2.31. The van der Waals surface area contributed by atoms with Crippen LogP contribution in [-0.4, -0.2) is 19.2 Å². The highest BCUT2D eigenvalue weighted by Crippen LogP contribution is 2.40. The minimum Gasteiger partial charge on any atom is -0.398 e. The second-order valence-corrected chi connectivity index (χ2v) is 7.43. The van der Waals surface area contributed by atoms with Gasteiger partial charge in [-0.1, -0.05) is 60.7 Å². The molecule has 3 aromatic rings. The van der Waals surface area contributed by atoms with Crippen molar-refractivity contribution in [2.75, 3.05) is 12.8 Å². The van der Waals surface area contributed by atoms with Gasteiger partial charge in [0.05, 0.1) is 12.0 Å². The van der Waals surface area contributed by atoms with Crippen LogP contribution in [0.1, 0.15) is 34.2 Å². The maximum atomic E-state index is 13.8. The third kappa shape index (κ3) is 6.27. The summed E-state index contributed by atoms with van der Waals surface area (Å²) in [6.45, 7) is 0.523. The van der Waals surface area contributed by atoms with E-state index in [0.717, 1.165) is 5.56 Å². The van der Waals surface area contributed by atoms with E-state index in [1.807, 2.05) is 12.1 Å². The molecule has 5 N–H and O–H groups in total. The average molecular weight is 456 g/mol. The molecule has 4 nitrogen and oxygen atoms in total. The minimum absolute atomic E-state index is 0.0381. The molecule has 33 heavy (non-hydrogen) atoms. The zero-order valence-electron chi connectivity index (χ0n) is 17.9. The van der Waals surface area contributed by atoms with Crippen LogP contribution in [-0.2, 0) is 6.54 Å². The maximum Gasteiger partial charge on any atom is 0.393 e. The van der Waals surface area contributed by atoms with Gasteiger partial charge in [0.1, 0.15) is 0 Å². The van der Waals surface area contributed by atoms with E-state index < -0.39 is 18.6 Å².